The number of hydrogen-bond donors (Lipinski definition) is 4. The Morgan fingerprint density at radius 2 is 1.82 bits per heavy atom. The number of aromatic amines is 2. The Kier molecular flexibility index (Phi) is 9.59. The van der Waals surface area contributed by atoms with E-state index < -0.39 is 23.0 Å². The van der Waals surface area contributed by atoms with E-state index >= 15 is 8.78 Å². The van der Waals surface area contributed by atoms with Crippen molar-refractivity contribution in [2.45, 2.75) is 77.6 Å². The molecule has 0 fully saturated rings. The number of carbonyl (C=O) groups is 2. The number of carboxylic acid groups (broad SMARTS) is 1. The number of carboxylic acids is 1. The Bertz CT molecular complexity index is 2000. The summed E-state index contributed by atoms with van der Waals surface area (Å²) in [7, 11) is 0. The minimum atomic E-state index is -0.853. The fourth-order valence-corrected chi connectivity index (χ4v) is 6.78. The maximum atomic E-state index is 15.6. The molecule has 0 saturated heterocycles. The Morgan fingerprint density at radius 3 is 2.63 bits per heavy atom. The summed E-state index contributed by atoms with van der Waals surface area (Å²) in [5, 5.41) is 13.1. The molecule has 49 heavy (non-hydrogen) atoms. The smallest absolute Gasteiger partial charge is 0.303 e. The van der Waals surface area contributed by atoms with Crippen LogP contribution in [-0.2, 0) is 27.8 Å². The van der Waals surface area contributed by atoms with Crippen LogP contribution in [0.3, 0.4) is 0 Å². The minimum absolute atomic E-state index is 0.0114. The molecule has 3 aromatic carbocycles. The van der Waals surface area contributed by atoms with Gasteiger partial charge in [0.05, 0.1) is 5.56 Å². The third-order valence-electron chi connectivity index (χ3n) is 9.79. The second kappa shape index (κ2) is 13.9. The number of ether oxygens (including phenoxy) is 1. The van der Waals surface area contributed by atoms with E-state index in [4.69, 9.17) is 4.74 Å². The third-order valence-corrected chi connectivity index (χ3v) is 9.79. The number of aryl methyl sites for hydroxylation is 2. The first-order valence-corrected chi connectivity index (χ1v) is 16.8. The number of imidazole rings is 1. The molecule has 4 bridgehead atoms. The van der Waals surface area contributed by atoms with Gasteiger partial charge in [0.2, 0.25) is 5.91 Å². The number of H-pyrrole nitrogens is 2. The predicted molar refractivity (Wildman–Crippen MR) is 185 cm³/mol. The zero-order valence-electron chi connectivity index (χ0n) is 28.1. The molecule has 4 N–H and O–H groups in total. The summed E-state index contributed by atoms with van der Waals surface area (Å²) in [5.41, 5.74) is 3.30. The summed E-state index contributed by atoms with van der Waals surface area (Å²) in [4.78, 5) is 35.4. The summed E-state index contributed by atoms with van der Waals surface area (Å²) >= 11 is 0. The first kappa shape index (κ1) is 33.9. The maximum absolute atomic E-state index is 15.6. The van der Waals surface area contributed by atoms with Crippen LogP contribution in [0.2, 0.25) is 0 Å². The molecule has 1 aliphatic rings. The van der Waals surface area contributed by atoms with Crippen molar-refractivity contribution in [1.29, 1.82) is 0 Å². The van der Waals surface area contributed by atoms with Crippen molar-refractivity contribution >= 4 is 22.8 Å². The van der Waals surface area contributed by atoms with E-state index in [0.717, 1.165) is 47.9 Å². The second-order valence-electron chi connectivity index (χ2n) is 14.1. The SMILES string of the molecule is CC1(C)CCCCC(C)(c2cccc(CCC(=O)O)c2)c2cnc([nH]2)-c2cc(ccc2F)Oc2c(F)cc3[nH]ccc3c2CCC(=O)NC1. The van der Waals surface area contributed by atoms with Crippen LogP contribution in [0.1, 0.15) is 81.7 Å². The van der Waals surface area contributed by atoms with Crippen LogP contribution in [0.5, 0.6) is 11.5 Å². The summed E-state index contributed by atoms with van der Waals surface area (Å²) in [6.45, 7) is 6.89. The first-order chi connectivity index (χ1) is 23.4. The lowest BCUT2D eigenvalue weighted by atomic mass is 9.74. The van der Waals surface area contributed by atoms with Gasteiger partial charge in [-0.15, -0.1) is 0 Å². The van der Waals surface area contributed by atoms with Crippen LogP contribution in [-0.4, -0.2) is 38.5 Å². The normalized spacial score (nSPS) is 18.7. The van der Waals surface area contributed by atoms with E-state index in [-0.39, 0.29) is 47.6 Å². The molecule has 8 nitrogen and oxygen atoms in total. The second-order valence-corrected chi connectivity index (χ2v) is 14.1. The molecule has 5 aromatic rings. The number of nitrogens with zero attached hydrogens (tertiary/aromatic N) is 1. The Labute approximate surface area is 284 Å². The number of halogens is 2. The molecule has 0 spiro atoms. The number of nitrogens with one attached hydrogen (secondary N) is 3. The van der Waals surface area contributed by atoms with Crippen LogP contribution in [0.15, 0.2) is 67.0 Å². The van der Waals surface area contributed by atoms with Crippen LogP contribution < -0.4 is 10.1 Å². The number of rotatable bonds is 4. The molecule has 1 aliphatic heterocycles. The fraction of sp³-hybridized carbons (Fsp3) is 0.359. The van der Waals surface area contributed by atoms with Gasteiger partial charge in [0.15, 0.2) is 11.6 Å². The Balaban J connectivity index is 1.42. The zero-order valence-corrected chi connectivity index (χ0v) is 28.1. The molecule has 0 aliphatic carbocycles. The molecular formula is C39H42F2N4O4. The fourth-order valence-electron chi connectivity index (χ4n) is 6.78. The van der Waals surface area contributed by atoms with Gasteiger partial charge in [0.25, 0.3) is 0 Å². The lowest BCUT2D eigenvalue weighted by Crippen LogP contribution is -2.34. The molecular weight excluding hydrogens is 626 g/mol. The Morgan fingerprint density at radius 1 is 1.00 bits per heavy atom. The number of amides is 1. The van der Waals surface area contributed by atoms with E-state index in [1.165, 1.54) is 24.3 Å². The number of benzene rings is 3. The number of fused-ring (bicyclic) bond motifs is 8. The summed E-state index contributed by atoms with van der Waals surface area (Å²) in [6.07, 6.45) is 7.67. The van der Waals surface area contributed by atoms with E-state index in [0.29, 0.717) is 29.9 Å². The average molecular weight is 669 g/mol. The van der Waals surface area contributed by atoms with Crippen molar-refractivity contribution in [1.82, 2.24) is 20.3 Å². The number of carbonyl (C=O) groups excluding carboxylic acids is 1. The van der Waals surface area contributed by atoms with Gasteiger partial charge in [0.1, 0.15) is 17.4 Å². The largest absolute Gasteiger partial charge is 0.481 e. The topological polar surface area (TPSA) is 120 Å². The van der Waals surface area contributed by atoms with Gasteiger partial charge in [-0.25, -0.2) is 13.8 Å². The van der Waals surface area contributed by atoms with Crippen LogP contribution in [0.25, 0.3) is 22.3 Å². The van der Waals surface area contributed by atoms with Crippen molar-refractivity contribution in [3.05, 3.63) is 101 Å². The molecule has 6 rings (SSSR count). The van der Waals surface area contributed by atoms with Crippen molar-refractivity contribution in [2.75, 3.05) is 6.54 Å². The van der Waals surface area contributed by atoms with Crippen LogP contribution >= 0.6 is 0 Å². The van der Waals surface area contributed by atoms with E-state index in [1.54, 1.807) is 12.4 Å². The number of hydrogen-bond acceptors (Lipinski definition) is 4. The van der Waals surface area contributed by atoms with Crippen LogP contribution in [0, 0.1) is 17.0 Å². The molecule has 3 heterocycles. The molecule has 0 saturated carbocycles. The molecule has 2 aromatic heterocycles. The van der Waals surface area contributed by atoms with E-state index in [1.807, 2.05) is 30.3 Å². The molecule has 0 radical (unpaired) electrons. The molecule has 10 heteroatoms. The van der Waals surface area contributed by atoms with Gasteiger partial charge in [-0.3, -0.25) is 9.59 Å². The molecule has 1 unspecified atom stereocenters. The van der Waals surface area contributed by atoms with Gasteiger partial charge in [-0.05, 0) is 73.4 Å². The summed E-state index contributed by atoms with van der Waals surface area (Å²) in [6, 6.07) is 15.4. The van der Waals surface area contributed by atoms with Crippen molar-refractivity contribution < 1.29 is 28.2 Å². The number of aromatic nitrogens is 3. The van der Waals surface area contributed by atoms with Gasteiger partial charge < -0.3 is 25.1 Å². The van der Waals surface area contributed by atoms with E-state index in [9.17, 15) is 14.7 Å². The quantitative estimate of drug-likeness (QED) is 0.153. The van der Waals surface area contributed by atoms with Crippen LogP contribution in [0.4, 0.5) is 8.78 Å². The van der Waals surface area contributed by atoms with Gasteiger partial charge in [-0.1, -0.05) is 51.0 Å². The summed E-state index contributed by atoms with van der Waals surface area (Å²) in [5.74, 6) is -1.59. The minimum Gasteiger partial charge on any atom is -0.481 e. The van der Waals surface area contributed by atoms with Crippen molar-refractivity contribution in [3.63, 3.8) is 0 Å². The molecule has 1 amide bonds. The number of aliphatic carboxylic acids is 1. The average Bonchev–Trinajstić information content (AvgIpc) is 3.76. The van der Waals surface area contributed by atoms with Gasteiger partial charge in [-0.2, -0.15) is 0 Å². The van der Waals surface area contributed by atoms with Crippen molar-refractivity contribution in [2.24, 2.45) is 5.41 Å². The standard InChI is InChI=1S/C39H42F2N4O4/c1-38(2)16-4-5-17-39(3,25-8-6-7-24(19-25)9-14-35(47)48)33-22-43-37(45-33)29-20-26(10-12-30(29)40)49-36-28(11-13-34(46)44-23-38)27-15-18-42-32(27)21-31(36)41/h6-8,10,12,15,18-22,42H,4-5,9,11,13-14,16-17,23H2,1-3H3,(H,43,45)(H,44,46)(H,47,48). The maximum Gasteiger partial charge on any atom is 0.303 e. The lowest BCUT2D eigenvalue weighted by Gasteiger charge is -2.31. The predicted octanol–water partition coefficient (Wildman–Crippen LogP) is 8.60. The highest BCUT2D eigenvalue weighted by Crippen LogP contribution is 2.40. The highest BCUT2D eigenvalue weighted by atomic mass is 19.1. The first-order valence-electron chi connectivity index (χ1n) is 16.8. The van der Waals surface area contributed by atoms with Gasteiger partial charge in [0, 0.05) is 65.4 Å². The Hall–Kier alpha value is -4.99. The summed E-state index contributed by atoms with van der Waals surface area (Å²) < 4.78 is 37.2. The zero-order chi connectivity index (χ0) is 34.8. The monoisotopic (exact) mass is 668 g/mol. The van der Waals surface area contributed by atoms with Gasteiger partial charge >= 0.3 is 5.97 Å². The van der Waals surface area contributed by atoms with Crippen molar-refractivity contribution in [3.8, 4) is 22.9 Å². The third kappa shape index (κ3) is 7.53. The highest BCUT2D eigenvalue weighted by molar-refractivity contribution is 5.86. The molecule has 1 atom stereocenters. The lowest BCUT2D eigenvalue weighted by molar-refractivity contribution is -0.137. The highest BCUT2D eigenvalue weighted by Gasteiger charge is 2.32. The van der Waals surface area contributed by atoms with E-state index in [2.05, 4.69) is 41.0 Å². The molecule has 256 valence electrons.